The van der Waals surface area contributed by atoms with E-state index in [4.69, 9.17) is 34.8 Å². The summed E-state index contributed by atoms with van der Waals surface area (Å²) in [4.78, 5) is 39.4. The van der Waals surface area contributed by atoms with Gasteiger partial charge in [-0.25, -0.2) is 14.4 Å². The van der Waals surface area contributed by atoms with Gasteiger partial charge in [-0.2, -0.15) is 0 Å². The van der Waals surface area contributed by atoms with E-state index >= 15 is 0 Å². The van der Waals surface area contributed by atoms with Gasteiger partial charge in [-0.05, 0) is 86.3 Å². The lowest BCUT2D eigenvalue weighted by atomic mass is 10.1. The molecule has 236 valence electrons. The lowest BCUT2D eigenvalue weighted by Gasteiger charge is -2.23. The quantitative estimate of drug-likeness (QED) is 0.126. The molecule has 0 aromatic heterocycles. The first-order valence-corrected chi connectivity index (χ1v) is 15.2. The molecule has 0 fully saturated rings. The summed E-state index contributed by atoms with van der Waals surface area (Å²) in [6.45, 7) is 9.99. The van der Waals surface area contributed by atoms with Crippen molar-refractivity contribution in [3.63, 3.8) is 0 Å². The number of urea groups is 3. The number of carbonyl (C=O) groups is 3. The van der Waals surface area contributed by atoms with E-state index in [0.717, 1.165) is 22.3 Å². The predicted molar refractivity (Wildman–Crippen MR) is 181 cm³/mol. The Balaban J connectivity index is 1.50. The molecule has 6 N–H and O–H groups in total. The number of anilines is 3. The number of hydrogen-bond donors (Lipinski definition) is 6. The summed E-state index contributed by atoms with van der Waals surface area (Å²) in [6, 6.07) is 13.0. The summed E-state index contributed by atoms with van der Waals surface area (Å²) in [7, 11) is 0. The first-order valence-electron chi connectivity index (χ1n) is 14.1. The van der Waals surface area contributed by atoms with Crippen molar-refractivity contribution >= 4 is 70.0 Å². The molecular weight excluding hydrogens is 625 g/mol. The van der Waals surface area contributed by atoms with E-state index in [1.165, 1.54) is 0 Å². The summed E-state index contributed by atoms with van der Waals surface area (Å²) < 4.78 is 0. The monoisotopic (exact) mass is 661 g/mol. The van der Waals surface area contributed by atoms with E-state index in [-0.39, 0.29) is 18.1 Å². The van der Waals surface area contributed by atoms with E-state index in [1.807, 2.05) is 50.8 Å². The van der Waals surface area contributed by atoms with Crippen molar-refractivity contribution in [1.29, 1.82) is 0 Å². The summed E-state index contributed by atoms with van der Waals surface area (Å²) >= 11 is 18.5. The zero-order valence-electron chi connectivity index (χ0n) is 25.2. The lowest BCUT2D eigenvalue weighted by Crippen LogP contribution is -2.44. The number of nitrogens with zero attached hydrogens (tertiary/aromatic N) is 1. The molecule has 0 spiro atoms. The number of hydrogen-bond acceptors (Lipinski definition) is 4. The highest BCUT2D eigenvalue weighted by Gasteiger charge is 2.11. The molecule has 0 atom stereocenters. The van der Waals surface area contributed by atoms with Gasteiger partial charge in [0.25, 0.3) is 0 Å². The van der Waals surface area contributed by atoms with Crippen LogP contribution in [0, 0.1) is 27.7 Å². The van der Waals surface area contributed by atoms with E-state index in [2.05, 4.69) is 31.9 Å². The number of aryl methyl sites for hydroxylation is 3. The molecule has 3 aromatic carbocycles. The molecule has 0 saturated carbocycles. The Morgan fingerprint density at radius 3 is 1.32 bits per heavy atom. The largest absolute Gasteiger partial charge is 0.337 e. The number of halogens is 3. The van der Waals surface area contributed by atoms with Gasteiger partial charge in [-0.1, -0.05) is 46.9 Å². The minimum atomic E-state index is -0.372. The standard InChI is InChI=1S/C31H38Cl3N7O3/c1-19-5-7-23(16-26(19)32)38-29(42)35-9-12-41(13-10-36-30(43)39-24-8-6-20(2)27(33)17-24)14-11-37-31(44)40-25-15-21(3)22(4)28(34)18-25/h5-8,15-18H,9-14H2,1-4H3,(H2,35,38,42)(H2,36,39,43)(H2,37,40,44). The Hall–Kier alpha value is -3.70. The average molecular weight is 663 g/mol. The first-order chi connectivity index (χ1) is 20.9. The van der Waals surface area contributed by atoms with Gasteiger partial charge in [0, 0.05) is 71.4 Å². The van der Waals surface area contributed by atoms with Gasteiger partial charge in [-0.3, -0.25) is 4.90 Å². The second-order valence-corrected chi connectivity index (χ2v) is 11.5. The van der Waals surface area contributed by atoms with Crippen molar-refractivity contribution in [2.45, 2.75) is 27.7 Å². The summed E-state index contributed by atoms with van der Waals surface area (Å²) in [5.41, 5.74) is 5.53. The van der Waals surface area contributed by atoms with Gasteiger partial charge < -0.3 is 31.9 Å². The van der Waals surface area contributed by atoms with Crippen LogP contribution in [0.4, 0.5) is 31.4 Å². The highest BCUT2D eigenvalue weighted by atomic mass is 35.5. The van der Waals surface area contributed by atoms with Gasteiger partial charge in [0.05, 0.1) is 0 Å². The van der Waals surface area contributed by atoms with E-state index in [1.54, 1.807) is 30.3 Å². The van der Waals surface area contributed by atoms with E-state index in [0.29, 0.717) is 71.4 Å². The van der Waals surface area contributed by atoms with Crippen molar-refractivity contribution in [1.82, 2.24) is 20.9 Å². The van der Waals surface area contributed by atoms with Gasteiger partial charge >= 0.3 is 18.1 Å². The molecular formula is C31H38Cl3N7O3. The Morgan fingerprint density at radius 1 is 0.545 bits per heavy atom. The predicted octanol–water partition coefficient (Wildman–Crippen LogP) is 6.95. The van der Waals surface area contributed by atoms with Crippen molar-refractivity contribution < 1.29 is 14.4 Å². The average Bonchev–Trinajstić information content (AvgIpc) is 2.95. The van der Waals surface area contributed by atoms with Crippen LogP contribution in [0.2, 0.25) is 15.1 Å². The third kappa shape index (κ3) is 11.4. The lowest BCUT2D eigenvalue weighted by molar-refractivity contribution is 0.238. The normalized spacial score (nSPS) is 10.7. The third-order valence-corrected chi connectivity index (χ3v) is 8.07. The van der Waals surface area contributed by atoms with Crippen LogP contribution in [-0.4, -0.2) is 62.3 Å². The molecule has 0 aliphatic carbocycles. The van der Waals surface area contributed by atoms with Gasteiger partial charge in [-0.15, -0.1) is 0 Å². The van der Waals surface area contributed by atoms with Crippen molar-refractivity contribution in [2.75, 3.05) is 55.2 Å². The number of carbonyl (C=O) groups excluding carboxylic acids is 3. The van der Waals surface area contributed by atoms with Crippen LogP contribution in [-0.2, 0) is 0 Å². The second kappa shape index (κ2) is 17.0. The summed E-state index contributed by atoms with van der Waals surface area (Å²) in [5, 5.41) is 18.5. The minimum Gasteiger partial charge on any atom is -0.337 e. The zero-order valence-corrected chi connectivity index (χ0v) is 27.4. The van der Waals surface area contributed by atoms with Crippen LogP contribution in [0.25, 0.3) is 0 Å². The molecule has 3 rings (SSSR count). The fraction of sp³-hybridized carbons (Fsp3) is 0.323. The molecule has 0 radical (unpaired) electrons. The molecule has 0 unspecified atom stereocenters. The molecule has 0 bridgehead atoms. The first kappa shape index (κ1) is 34.8. The number of amides is 6. The maximum absolute atomic E-state index is 12.5. The highest BCUT2D eigenvalue weighted by molar-refractivity contribution is 6.32. The molecule has 0 aliphatic heterocycles. The Morgan fingerprint density at radius 2 is 0.932 bits per heavy atom. The Labute approximate surface area is 273 Å². The number of rotatable bonds is 12. The maximum Gasteiger partial charge on any atom is 0.319 e. The SMILES string of the molecule is Cc1ccc(NC(=O)NCCN(CCNC(=O)Nc2ccc(C)c(Cl)c2)CCNC(=O)Nc2cc(C)c(C)c(Cl)c2)cc1Cl. The summed E-state index contributed by atoms with van der Waals surface area (Å²) in [5.74, 6) is 0. The molecule has 3 aromatic rings. The van der Waals surface area contributed by atoms with E-state index in [9.17, 15) is 14.4 Å². The molecule has 13 heteroatoms. The van der Waals surface area contributed by atoms with Crippen LogP contribution in [0.1, 0.15) is 22.3 Å². The summed E-state index contributed by atoms with van der Waals surface area (Å²) in [6.07, 6.45) is 0. The topological polar surface area (TPSA) is 127 Å². The van der Waals surface area contributed by atoms with Crippen LogP contribution in [0.5, 0.6) is 0 Å². The van der Waals surface area contributed by atoms with Crippen LogP contribution in [0.15, 0.2) is 48.5 Å². The van der Waals surface area contributed by atoms with Crippen molar-refractivity contribution in [3.8, 4) is 0 Å². The Kier molecular flexibility index (Phi) is 13.4. The molecule has 0 aliphatic rings. The molecule has 6 amide bonds. The third-order valence-electron chi connectivity index (χ3n) is 6.86. The van der Waals surface area contributed by atoms with Crippen molar-refractivity contribution in [2.24, 2.45) is 0 Å². The fourth-order valence-electron chi connectivity index (χ4n) is 4.07. The number of nitrogens with one attached hydrogen (secondary N) is 6. The van der Waals surface area contributed by atoms with Crippen LogP contribution < -0.4 is 31.9 Å². The fourth-order valence-corrected chi connectivity index (χ4v) is 4.70. The van der Waals surface area contributed by atoms with Gasteiger partial charge in [0.1, 0.15) is 0 Å². The van der Waals surface area contributed by atoms with Gasteiger partial charge in [0.2, 0.25) is 0 Å². The Bertz CT molecular complexity index is 1390. The van der Waals surface area contributed by atoms with Crippen LogP contribution >= 0.6 is 34.8 Å². The highest BCUT2D eigenvalue weighted by Crippen LogP contribution is 2.24. The van der Waals surface area contributed by atoms with Gasteiger partial charge in [0.15, 0.2) is 0 Å². The number of benzene rings is 3. The second-order valence-electron chi connectivity index (χ2n) is 10.3. The molecule has 0 saturated heterocycles. The molecule has 10 nitrogen and oxygen atoms in total. The van der Waals surface area contributed by atoms with Crippen LogP contribution in [0.3, 0.4) is 0 Å². The molecule has 0 heterocycles. The smallest absolute Gasteiger partial charge is 0.319 e. The zero-order chi connectivity index (χ0) is 32.2. The minimum absolute atomic E-state index is 0.326. The molecule has 44 heavy (non-hydrogen) atoms. The maximum atomic E-state index is 12.5. The van der Waals surface area contributed by atoms with E-state index < -0.39 is 0 Å². The van der Waals surface area contributed by atoms with Crippen molar-refractivity contribution in [3.05, 3.63) is 85.9 Å².